The third-order valence-corrected chi connectivity index (χ3v) is 4.32. The molecule has 1 fully saturated rings. The van der Waals surface area contributed by atoms with Crippen LogP contribution in [0, 0.1) is 5.92 Å². The van der Waals surface area contributed by atoms with Crippen molar-refractivity contribution in [3.8, 4) is 0 Å². The van der Waals surface area contributed by atoms with Crippen molar-refractivity contribution in [1.82, 2.24) is 0 Å². The van der Waals surface area contributed by atoms with Crippen LogP contribution in [0.3, 0.4) is 0 Å². The minimum atomic E-state index is -4.34. The molecule has 112 valence electrons. The zero-order valence-corrected chi connectivity index (χ0v) is 11.9. The average molecular weight is 286 g/mol. The van der Waals surface area contributed by atoms with Crippen molar-refractivity contribution in [1.29, 1.82) is 0 Å². The minimum absolute atomic E-state index is 0.0968. The van der Waals surface area contributed by atoms with Crippen LogP contribution < -0.4 is 10.6 Å². The summed E-state index contributed by atoms with van der Waals surface area (Å²) in [5.74, 6) is 0.548. The van der Waals surface area contributed by atoms with Crippen molar-refractivity contribution >= 4 is 5.69 Å². The second kappa shape index (κ2) is 5.64. The SMILES string of the molecule is CC1CCCN(c2ccc(C(F)(F)F)c(CN)c2)C1C. The Kier molecular flexibility index (Phi) is 4.28. The van der Waals surface area contributed by atoms with Gasteiger partial charge in [0.15, 0.2) is 0 Å². The quantitative estimate of drug-likeness (QED) is 0.896. The Labute approximate surface area is 117 Å². The number of nitrogens with two attached hydrogens (primary N) is 1. The molecule has 0 saturated carbocycles. The highest BCUT2D eigenvalue weighted by molar-refractivity contribution is 5.53. The molecule has 0 aromatic heterocycles. The molecule has 2 unspecified atom stereocenters. The van der Waals surface area contributed by atoms with Crippen molar-refractivity contribution in [2.75, 3.05) is 11.4 Å². The van der Waals surface area contributed by atoms with Crippen LogP contribution in [0.2, 0.25) is 0 Å². The molecule has 1 heterocycles. The van der Waals surface area contributed by atoms with E-state index in [0.29, 0.717) is 12.0 Å². The Bertz CT molecular complexity index is 471. The number of halogens is 3. The summed E-state index contributed by atoms with van der Waals surface area (Å²) < 4.78 is 38.6. The molecule has 2 rings (SSSR count). The molecule has 1 aliphatic rings. The topological polar surface area (TPSA) is 29.3 Å². The zero-order valence-electron chi connectivity index (χ0n) is 11.9. The van der Waals surface area contributed by atoms with Gasteiger partial charge in [-0.3, -0.25) is 0 Å². The van der Waals surface area contributed by atoms with Gasteiger partial charge in [-0.2, -0.15) is 13.2 Å². The number of alkyl halides is 3. The molecular formula is C15H21F3N2. The van der Waals surface area contributed by atoms with E-state index in [4.69, 9.17) is 5.73 Å². The maximum Gasteiger partial charge on any atom is 0.416 e. The normalized spacial score (nSPS) is 24.0. The van der Waals surface area contributed by atoms with Gasteiger partial charge in [-0.25, -0.2) is 0 Å². The summed E-state index contributed by atoms with van der Waals surface area (Å²) in [6.07, 6.45) is -2.10. The Morgan fingerprint density at radius 2 is 2.00 bits per heavy atom. The molecule has 5 heteroatoms. The van der Waals surface area contributed by atoms with Crippen molar-refractivity contribution in [3.63, 3.8) is 0 Å². The van der Waals surface area contributed by atoms with E-state index in [1.54, 1.807) is 12.1 Å². The van der Waals surface area contributed by atoms with Gasteiger partial charge in [0.25, 0.3) is 0 Å². The number of anilines is 1. The Morgan fingerprint density at radius 3 is 2.60 bits per heavy atom. The Morgan fingerprint density at radius 1 is 1.30 bits per heavy atom. The van der Waals surface area contributed by atoms with E-state index in [0.717, 1.165) is 24.7 Å². The second-order valence-corrected chi connectivity index (χ2v) is 5.60. The first-order valence-corrected chi connectivity index (χ1v) is 7.01. The third kappa shape index (κ3) is 2.92. The van der Waals surface area contributed by atoms with Gasteiger partial charge >= 0.3 is 6.18 Å². The number of benzene rings is 1. The minimum Gasteiger partial charge on any atom is -0.369 e. The molecule has 1 aliphatic heterocycles. The van der Waals surface area contributed by atoms with E-state index in [1.807, 2.05) is 0 Å². The number of nitrogens with zero attached hydrogens (tertiary/aromatic N) is 1. The predicted molar refractivity (Wildman–Crippen MR) is 74.5 cm³/mol. The van der Waals surface area contributed by atoms with Crippen LogP contribution in [-0.4, -0.2) is 12.6 Å². The van der Waals surface area contributed by atoms with Gasteiger partial charge in [0.05, 0.1) is 5.56 Å². The van der Waals surface area contributed by atoms with Gasteiger partial charge in [-0.05, 0) is 49.4 Å². The molecule has 0 aliphatic carbocycles. The first kappa shape index (κ1) is 15.2. The van der Waals surface area contributed by atoms with Crippen LogP contribution in [0.1, 0.15) is 37.8 Å². The lowest BCUT2D eigenvalue weighted by atomic mass is 9.91. The summed E-state index contributed by atoms with van der Waals surface area (Å²) in [7, 11) is 0. The standard InChI is InChI=1S/C15H21F3N2/c1-10-4-3-7-20(11(10)2)13-5-6-14(15(16,17)18)12(8-13)9-19/h5-6,8,10-11H,3-4,7,9,19H2,1-2H3. The fraction of sp³-hybridized carbons (Fsp3) is 0.600. The number of rotatable bonds is 2. The summed E-state index contributed by atoms with van der Waals surface area (Å²) in [6.45, 7) is 5.11. The summed E-state index contributed by atoms with van der Waals surface area (Å²) in [5.41, 5.74) is 5.88. The molecule has 2 atom stereocenters. The highest BCUT2D eigenvalue weighted by atomic mass is 19.4. The van der Waals surface area contributed by atoms with Crippen LogP contribution in [-0.2, 0) is 12.7 Å². The van der Waals surface area contributed by atoms with Gasteiger partial charge in [0.1, 0.15) is 0 Å². The molecule has 1 aromatic rings. The largest absolute Gasteiger partial charge is 0.416 e. The second-order valence-electron chi connectivity index (χ2n) is 5.60. The predicted octanol–water partition coefficient (Wildman–Crippen LogP) is 3.79. The molecule has 1 aromatic carbocycles. The maximum absolute atomic E-state index is 12.9. The molecule has 20 heavy (non-hydrogen) atoms. The zero-order chi connectivity index (χ0) is 14.9. The summed E-state index contributed by atoms with van der Waals surface area (Å²) in [4.78, 5) is 2.19. The Balaban J connectivity index is 2.34. The third-order valence-electron chi connectivity index (χ3n) is 4.32. The fourth-order valence-corrected chi connectivity index (χ4v) is 2.90. The lowest BCUT2D eigenvalue weighted by Crippen LogP contribution is -2.42. The molecule has 0 bridgehead atoms. The molecule has 0 spiro atoms. The van der Waals surface area contributed by atoms with Gasteiger partial charge in [-0.1, -0.05) is 6.92 Å². The van der Waals surface area contributed by atoms with Crippen molar-refractivity contribution in [2.45, 2.75) is 45.5 Å². The number of hydrogen-bond acceptors (Lipinski definition) is 2. The van der Waals surface area contributed by atoms with Gasteiger partial charge in [-0.15, -0.1) is 0 Å². The number of piperidine rings is 1. The molecule has 2 N–H and O–H groups in total. The van der Waals surface area contributed by atoms with Crippen molar-refractivity contribution < 1.29 is 13.2 Å². The highest BCUT2D eigenvalue weighted by Crippen LogP contribution is 2.35. The van der Waals surface area contributed by atoms with E-state index in [2.05, 4.69) is 18.7 Å². The van der Waals surface area contributed by atoms with Crippen LogP contribution in [0.15, 0.2) is 18.2 Å². The fourth-order valence-electron chi connectivity index (χ4n) is 2.90. The average Bonchev–Trinajstić information content (AvgIpc) is 2.40. The summed E-state index contributed by atoms with van der Waals surface area (Å²) in [6, 6.07) is 4.66. The Hall–Kier alpha value is -1.23. The van der Waals surface area contributed by atoms with Crippen LogP contribution in [0.5, 0.6) is 0 Å². The molecule has 2 nitrogen and oxygen atoms in total. The molecule has 0 radical (unpaired) electrons. The maximum atomic E-state index is 12.9. The summed E-state index contributed by atoms with van der Waals surface area (Å²) >= 11 is 0. The van der Waals surface area contributed by atoms with E-state index in [1.165, 1.54) is 6.42 Å². The smallest absolute Gasteiger partial charge is 0.369 e. The molecular weight excluding hydrogens is 265 g/mol. The van der Waals surface area contributed by atoms with Crippen LogP contribution >= 0.6 is 0 Å². The molecule has 0 amide bonds. The van der Waals surface area contributed by atoms with E-state index >= 15 is 0 Å². The van der Waals surface area contributed by atoms with Crippen LogP contribution in [0.4, 0.5) is 18.9 Å². The highest BCUT2D eigenvalue weighted by Gasteiger charge is 2.33. The van der Waals surface area contributed by atoms with Crippen LogP contribution in [0.25, 0.3) is 0 Å². The van der Waals surface area contributed by atoms with E-state index < -0.39 is 11.7 Å². The van der Waals surface area contributed by atoms with E-state index in [-0.39, 0.29) is 12.1 Å². The first-order valence-electron chi connectivity index (χ1n) is 7.01. The van der Waals surface area contributed by atoms with Crippen molar-refractivity contribution in [2.24, 2.45) is 11.7 Å². The van der Waals surface area contributed by atoms with Crippen molar-refractivity contribution in [3.05, 3.63) is 29.3 Å². The van der Waals surface area contributed by atoms with Gasteiger partial charge < -0.3 is 10.6 Å². The lowest BCUT2D eigenvalue weighted by molar-refractivity contribution is -0.138. The molecule has 1 saturated heterocycles. The van der Waals surface area contributed by atoms with Gasteiger partial charge in [0.2, 0.25) is 0 Å². The summed E-state index contributed by atoms with van der Waals surface area (Å²) in [5, 5.41) is 0. The number of hydrogen-bond donors (Lipinski definition) is 1. The van der Waals surface area contributed by atoms with Gasteiger partial charge in [0, 0.05) is 24.8 Å². The monoisotopic (exact) mass is 286 g/mol. The lowest BCUT2D eigenvalue weighted by Gasteiger charge is -2.40. The first-order chi connectivity index (χ1) is 9.34. The van der Waals surface area contributed by atoms with E-state index in [9.17, 15) is 13.2 Å².